The molecule has 0 aliphatic carbocycles. The third kappa shape index (κ3) is 3.92. The third-order valence-corrected chi connectivity index (χ3v) is 1.79. The van der Waals surface area contributed by atoms with Crippen LogP contribution in [0.25, 0.3) is 0 Å². The Morgan fingerprint density at radius 3 is 2.35 bits per heavy atom. The summed E-state index contributed by atoms with van der Waals surface area (Å²) >= 11 is 0. The number of non-ortho nitro benzene ring substituents is 1. The van der Waals surface area contributed by atoms with Crippen molar-refractivity contribution in [2.75, 3.05) is 0 Å². The van der Waals surface area contributed by atoms with Crippen LogP contribution in [-0.2, 0) is 4.79 Å². The molecule has 1 aromatic carbocycles. The lowest BCUT2D eigenvalue weighted by atomic mass is 10.3. The van der Waals surface area contributed by atoms with Crippen molar-refractivity contribution in [3.8, 4) is 0 Å². The highest BCUT2D eigenvalue weighted by molar-refractivity contribution is 5.43. The smallest absolute Gasteiger partial charge is 0.258 e. The summed E-state index contributed by atoms with van der Waals surface area (Å²) in [5.74, 6) is 0. The summed E-state index contributed by atoms with van der Waals surface area (Å²) < 4.78 is 0. The number of aliphatic imine (C=N–C) groups is 1. The molecule has 0 saturated heterocycles. The summed E-state index contributed by atoms with van der Waals surface area (Å²) in [5.41, 5.74) is -0.553. The highest BCUT2D eigenvalue weighted by atomic mass is 16.6. The van der Waals surface area contributed by atoms with Crippen LogP contribution in [0.15, 0.2) is 39.5 Å². The fourth-order valence-electron chi connectivity index (χ4n) is 0.955. The van der Waals surface area contributed by atoms with Crippen LogP contribution in [-0.4, -0.2) is 16.7 Å². The summed E-state index contributed by atoms with van der Waals surface area (Å²) in [5, 5.41) is 18.1. The molecule has 0 spiro atoms. The number of nitrogens with zero attached hydrogens (tertiary/aromatic N) is 4. The van der Waals surface area contributed by atoms with Gasteiger partial charge in [-0.15, -0.1) is 0 Å². The minimum Gasteiger partial charge on any atom is -0.258 e. The maximum Gasteiger partial charge on any atom is 0.269 e. The second-order valence-electron chi connectivity index (χ2n) is 3.67. The van der Waals surface area contributed by atoms with Gasteiger partial charge in [0.15, 0.2) is 5.66 Å². The zero-order valence-electron chi connectivity index (χ0n) is 9.32. The lowest BCUT2D eigenvalue weighted by molar-refractivity contribution is -0.384. The van der Waals surface area contributed by atoms with Crippen LogP contribution < -0.4 is 0 Å². The van der Waals surface area contributed by atoms with Gasteiger partial charge in [0.1, 0.15) is 0 Å². The van der Waals surface area contributed by atoms with Crippen molar-refractivity contribution in [1.29, 1.82) is 0 Å². The van der Waals surface area contributed by atoms with Crippen molar-refractivity contribution in [3.63, 3.8) is 0 Å². The van der Waals surface area contributed by atoms with Crippen LogP contribution in [0, 0.1) is 10.1 Å². The first-order valence-corrected chi connectivity index (χ1v) is 4.71. The molecular weight excluding hydrogens is 224 g/mol. The van der Waals surface area contributed by atoms with Gasteiger partial charge >= 0.3 is 0 Å². The van der Waals surface area contributed by atoms with Gasteiger partial charge in [-0.1, -0.05) is 0 Å². The predicted octanol–water partition coefficient (Wildman–Crippen LogP) is 2.75. The molecule has 1 aromatic rings. The average Bonchev–Trinajstić information content (AvgIpc) is 2.27. The molecular formula is C10H10N4O3. The van der Waals surface area contributed by atoms with Gasteiger partial charge < -0.3 is 0 Å². The van der Waals surface area contributed by atoms with E-state index in [0.717, 1.165) is 0 Å². The molecule has 0 bridgehead atoms. The minimum atomic E-state index is -0.983. The van der Waals surface area contributed by atoms with E-state index in [1.807, 2.05) is 0 Å². The van der Waals surface area contributed by atoms with E-state index in [-0.39, 0.29) is 5.69 Å². The van der Waals surface area contributed by atoms with E-state index in [4.69, 9.17) is 0 Å². The highest BCUT2D eigenvalue weighted by Gasteiger charge is 2.13. The van der Waals surface area contributed by atoms with Crippen LogP contribution in [0.2, 0.25) is 0 Å². The monoisotopic (exact) mass is 234 g/mol. The molecule has 17 heavy (non-hydrogen) atoms. The zero-order chi connectivity index (χ0) is 12.9. The standard InChI is InChI=1S/C10H10N4O3/c1-10(2,11-7-15)13-12-8-3-5-9(6-4-8)14(16)17/h3-6H,1-2H3. The first kappa shape index (κ1) is 12.7. The Kier molecular flexibility index (Phi) is 3.79. The van der Waals surface area contributed by atoms with Gasteiger partial charge in [0.05, 0.1) is 10.6 Å². The normalized spacial score (nSPS) is 11.2. The largest absolute Gasteiger partial charge is 0.269 e. The number of hydrogen-bond acceptors (Lipinski definition) is 6. The van der Waals surface area contributed by atoms with Crippen molar-refractivity contribution >= 4 is 17.5 Å². The SMILES string of the molecule is CC(C)(N=C=O)N=Nc1ccc([N+](=O)[O-])cc1. The molecule has 0 aliphatic heterocycles. The van der Waals surface area contributed by atoms with Crippen LogP contribution in [0.1, 0.15) is 13.8 Å². The van der Waals surface area contributed by atoms with Crippen molar-refractivity contribution in [2.24, 2.45) is 15.2 Å². The first-order chi connectivity index (χ1) is 7.94. The predicted molar refractivity (Wildman–Crippen MR) is 59.8 cm³/mol. The highest BCUT2D eigenvalue weighted by Crippen LogP contribution is 2.20. The fraction of sp³-hybridized carbons (Fsp3) is 0.300. The Labute approximate surface area is 97.0 Å². The van der Waals surface area contributed by atoms with Crippen LogP contribution in [0.3, 0.4) is 0 Å². The van der Waals surface area contributed by atoms with Crippen molar-refractivity contribution in [2.45, 2.75) is 19.5 Å². The molecule has 0 heterocycles. The maximum absolute atomic E-state index is 10.4. The van der Waals surface area contributed by atoms with Gasteiger partial charge in [0.2, 0.25) is 6.08 Å². The Bertz CT molecular complexity index is 487. The second-order valence-corrected chi connectivity index (χ2v) is 3.67. The van der Waals surface area contributed by atoms with E-state index in [1.54, 1.807) is 13.8 Å². The summed E-state index contributed by atoms with van der Waals surface area (Å²) in [7, 11) is 0. The van der Waals surface area contributed by atoms with Crippen LogP contribution in [0.5, 0.6) is 0 Å². The number of azo groups is 1. The van der Waals surface area contributed by atoms with Gasteiger partial charge in [0.25, 0.3) is 5.69 Å². The van der Waals surface area contributed by atoms with Gasteiger partial charge in [-0.2, -0.15) is 15.2 Å². The number of nitro benzene ring substituents is 1. The van der Waals surface area contributed by atoms with E-state index >= 15 is 0 Å². The number of isocyanates is 1. The lowest BCUT2D eigenvalue weighted by Gasteiger charge is -2.07. The molecule has 0 saturated carbocycles. The summed E-state index contributed by atoms with van der Waals surface area (Å²) in [6.07, 6.45) is 1.40. The molecule has 0 atom stereocenters. The van der Waals surface area contributed by atoms with E-state index in [0.29, 0.717) is 5.69 Å². The molecule has 7 nitrogen and oxygen atoms in total. The number of carbonyl (C=O) groups excluding carboxylic acids is 1. The van der Waals surface area contributed by atoms with Gasteiger partial charge in [-0.25, -0.2) is 4.79 Å². The molecule has 1 rings (SSSR count). The van der Waals surface area contributed by atoms with E-state index in [9.17, 15) is 14.9 Å². The average molecular weight is 234 g/mol. The Morgan fingerprint density at radius 1 is 1.29 bits per heavy atom. The van der Waals surface area contributed by atoms with Crippen molar-refractivity contribution in [1.82, 2.24) is 0 Å². The second kappa shape index (κ2) is 5.09. The van der Waals surface area contributed by atoms with Crippen LogP contribution >= 0.6 is 0 Å². The minimum absolute atomic E-state index is 0.0193. The summed E-state index contributed by atoms with van der Waals surface area (Å²) in [6, 6.07) is 5.57. The van der Waals surface area contributed by atoms with Gasteiger partial charge in [-0.3, -0.25) is 10.1 Å². The molecule has 0 unspecified atom stereocenters. The third-order valence-electron chi connectivity index (χ3n) is 1.79. The molecule has 0 fully saturated rings. The Hall–Kier alpha value is -2.40. The van der Waals surface area contributed by atoms with E-state index in [1.165, 1.54) is 30.3 Å². The molecule has 0 N–H and O–H groups in total. The molecule has 88 valence electrons. The topological polar surface area (TPSA) is 97.3 Å². The lowest BCUT2D eigenvalue weighted by Crippen LogP contribution is -2.10. The van der Waals surface area contributed by atoms with E-state index in [2.05, 4.69) is 15.2 Å². The molecule has 0 aromatic heterocycles. The van der Waals surface area contributed by atoms with Gasteiger partial charge in [-0.05, 0) is 26.0 Å². The van der Waals surface area contributed by atoms with E-state index < -0.39 is 10.6 Å². The molecule has 0 aliphatic rings. The number of rotatable bonds is 4. The number of nitro groups is 1. The van der Waals surface area contributed by atoms with Gasteiger partial charge in [0, 0.05) is 12.1 Å². The fourth-order valence-corrected chi connectivity index (χ4v) is 0.955. The van der Waals surface area contributed by atoms with Crippen molar-refractivity contribution in [3.05, 3.63) is 34.4 Å². The Balaban J connectivity index is 2.86. The quantitative estimate of drug-likeness (QED) is 0.263. The molecule has 7 heteroatoms. The number of benzene rings is 1. The van der Waals surface area contributed by atoms with Crippen molar-refractivity contribution < 1.29 is 9.72 Å². The first-order valence-electron chi connectivity index (χ1n) is 4.71. The summed E-state index contributed by atoms with van der Waals surface area (Å²) in [4.78, 5) is 23.4. The molecule has 0 radical (unpaired) electrons. The molecule has 0 amide bonds. The zero-order valence-corrected chi connectivity index (χ0v) is 9.32. The maximum atomic E-state index is 10.4. The Morgan fingerprint density at radius 2 is 1.88 bits per heavy atom. The summed E-state index contributed by atoms with van der Waals surface area (Å²) in [6.45, 7) is 3.18. The van der Waals surface area contributed by atoms with Crippen LogP contribution in [0.4, 0.5) is 11.4 Å². The number of hydrogen-bond donors (Lipinski definition) is 0.